The molecule has 2 aliphatic heterocycles. The van der Waals surface area contributed by atoms with Crippen LogP contribution < -0.4 is 10.2 Å². The lowest BCUT2D eigenvalue weighted by Crippen LogP contribution is -2.35. The lowest BCUT2D eigenvalue weighted by atomic mass is 9.90. The lowest BCUT2D eigenvalue weighted by molar-refractivity contribution is 0.120. The fourth-order valence-corrected chi connectivity index (χ4v) is 3.95. The second-order valence-corrected chi connectivity index (χ2v) is 7.40. The molecule has 2 aromatic rings. The lowest BCUT2D eigenvalue weighted by Gasteiger charge is -2.33. The van der Waals surface area contributed by atoms with Crippen LogP contribution in [-0.4, -0.2) is 42.3 Å². The maximum absolute atomic E-state index is 5.67. The quantitative estimate of drug-likeness (QED) is 0.862. The molecule has 5 heteroatoms. The Hall–Kier alpha value is -2.14. The smallest absolute Gasteiger partial charge is 0.134 e. The van der Waals surface area contributed by atoms with E-state index in [9.17, 15) is 0 Å². The number of nitrogens with one attached hydrogen (secondary N) is 1. The highest BCUT2D eigenvalue weighted by molar-refractivity contribution is 5.48. The molecule has 26 heavy (non-hydrogen) atoms. The van der Waals surface area contributed by atoms with Crippen molar-refractivity contribution in [2.45, 2.75) is 38.2 Å². The van der Waals surface area contributed by atoms with E-state index in [0.29, 0.717) is 6.10 Å². The molecule has 2 aliphatic rings. The molecule has 1 atom stereocenters. The molecule has 0 spiro atoms. The SMILES string of the molecule is c1ccc(CC2CCN(c3cc(NCC4CCCO4)ncn3)CC2)cc1. The molecule has 0 bridgehead atoms. The second kappa shape index (κ2) is 8.49. The minimum absolute atomic E-state index is 0.321. The molecular formula is C21H28N4O. The molecule has 138 valence electrons. The average Bonchev–Trinajstić information content (AvgIpc) is 3.22. The molecule has 0 aliphatic carbocycles. The first-order chi connectivity index (χ1) is 12.9. The van der Waals surface area contributed by atoms with Crippen molar-refractivity contribution in [3.63, 3.8) is 0 Å². The van der Waals surface area contributed by atoms with Crippen LogP contribution in [0.1, 0.15) is 31.2 Å². The predicted molar refractivity (Wildman–Crippen MR) is 105 cm³/mol. The topological polar surface area (TPSA) is 50.3 Å². The maximum atomic E-state index is 5.67. The third-order valence-corrected chi connectivity index (χ3v) is 5.49. The minimum atomic E-state index is 0.321. The van der Waals surface area contributed by atoms with Gasteiger partial charge in [0.2, 0.25) is 0 Å². The van der Waals surface area contributed by atoms with E-state index >= 15 is 0 Å². The molecule has 0 saturated carbocycles. The van der Waals surface area contributed by atoms with E-state index in [-0.39, 0.29) is 0 Å². The van der Waals surface area contributed by atoms with Gasteiger partial charge < -0.3 is 15.0 Å². The Labute approximate surface area is 155 Å². The van der Waals surface area contributed by atoms with Crippen molar-refractivity contribution in [2.24, 2.45) is 5.92 Å². The van der Waals surface area contributed by atoms with E-state index in [4.69, 9.17) is 4.74 Å². The van der Waals surface area contributed by atoms with Crippen LogP contribution in [0.4, 0.5) is 11.6 Å². The van der Waals surface area contributed by atoms with Gasteiger partial charge in [0.1, 0.15) is 18.0 Å². The van der Waals surface area contributed by atoms with Gasteiger partial charge in [-0.3, -0.25) is 0 Å². The summed E-state index contributed by atoms with van der Waals surface area (Å²) in [5.41, 5.74) is 1.45. The van der Waals surface area contributed by atoms with Gasteiger partial charge in [0.15, 0.2) is 0 Å². The summed E-state index contributed by atoms with van der Waals surface area (Å²) in [5.74, 6) is 2.71. The molecule has 1 N–H and O–H groups in total. The van der Waals surface area contributed by atoms with Gasteiger partial charge in [-0.15, -0.1) is 0 Å². The van der Waals surface area contributed by atoms with Gasteiger partial charge in [0, 0.05) is 32.3 Å². The van der Waals surface area contributed by atoms with Gasteiger partial charge in [0.05, 0.1) is 6.10 Å². The molecule has 5 nitrogen and oxygen atoms in total. The number of piperidine rings is 1. The molecule has 0 amide bonds. The minimum Gasteiger partial charge on any atom is -0.376 e. The van der Waals surface area contributed by atoms with Crippen LogP contribution in [0.25, 0.3) is 0 Å². The van der Waals surface area contributed by atoms with Crippen LogP contribution in [0.2, 0.25) is 0 Å². The molecule has 2 saturated heterocycles. The maximum Gasteiger partial charge on any atom is 0.134 e. The molecule has 0 radical (unpaired) electrons. The Bertz CT molecular complexity index is 679. The van der Waals surface area contributed by atoms with Crippen LogP contribution in [0.15, 0.2) is 42.7 Å². The summed E-state index contributed by atoms with van der Waals surface area (Å²) in [7, 11) is 0. The monoisotopic (exact) mass is 352 g/mol. The van der Waals surface area contributed by atoms with Gasteiger partial charge in [-0.05, 0) is 43.6 Å². The summed E-state index contributed by atoms with van der Waals surface area (Å²) >= 11 is 0. The highest BCUT2D eigenvalue weighted by Crippen LogP contribution is 2.25. The third kappa shape index (κ3) is 4.52. The molecule has 1 aromatic carbocycles. The fraction of sp³-hybridized carbons (Fsp3) is 0.524. The van der Waals surface area contributed by atoms with E-state index < -0.39 is 0 Å². The molecular weight excluding hydrogens is 324 g/mol. The molecule has 1 aromatic heterocycles. The van der Waals surface area contributed by atoms with Gasteiger partial charge in [-0.25, -0.2) is 9.97 Å². The number of benzene rings is 1. The first-order valence-corrected chi connectivity index (χ1v) is 9.83. The molecule has 4 rings (SSSR count). The Morgan fingerprint density at radius 2 is 1.92 bits per heavy atom. The van der Waals surface area contributed by atoms with Gasteiger partial charge >= 0.3 is 0 Å². The molecule has 1 unspecified atom stereocenters. The Morgan fingerprint density at radius 1 is 1.08 bits per heavy atom. The highest BCUT2D eigenvalue weighted by atomic mass is 16.5. The van der Waals surface area contributed by atoms with Crippen molar-refractivity contribution in [3.05, 3.63) is 48.3 Å². The van der Waals surface area contributed by atoms with Crippen LogP contribution in [0.3, 0.4) is 0 Å². The summed E-state index contributed by atoms with van der Waals surface area (Å²) in [4.78, 5) is 11.2. The molecule has 2 fully saturated rings. The Kier molecular flexibility index (Phi) is 5.65. The van der Waals surface area contributed by atoms with Crippen LogP contribution in [0.5, 0.6) is 0 Å². The second-order valence-electron chi connectivity index (χ2n) is 7.40. The highest BCUT2D eigenvalue weighted by Gasteiger charge is 2.21. The van der Waals surface area contributed by atoms with Crippen molar-refractivity contribution >= 4 is 11.6 Å². The number of anilines is 2. The van der Waals surface area contributed by atoms with Gasteiger partial charge in [-0.1, -0.05) is 30.3 Å². The number of hydrogen-bond donors (Lipinski definition) is 1. The van der Waals surface area contributed by atoms with E-state index in [1.165, 1.54) is 31.2 Å². The zero-order valence-corrected chi connectivity index (χ0v) is 15.3. The van der Waals surface area contributed by atoms with Crippen LogP contribution in [-0.2, 0) is 11.2 Å². The normalized spacial score (nSPS) is 21.1. The fourth-order valence-electron chi connectivity index (χ4n) is 3.95. The summed E-state index contributed by atoms with van der Waals surface area (Å²) < 4.78 is 5.67. The van der Waals surface area contributed by atoms with Gasteiger partial charge in [0.25, 0.3) is 0 Å². The standard InChI is InChI=1S/C21H28N4O/c1-2-5-17(6-3-1)13-18-8-10-25(11-9-18)21-14-20(23-16-24-21)22-15-19-7-4-12-26-19/h1-3,5-6,14,16,18-19H,4,7-13,15H2,(H,22,23,24). The summed E-state index contributed by atoms with van der Waals surface area (Å²) in [6.07, 6.45) is 7.92. The Balaban J connectivity index is 1.29. The van der Waals surface area contributed by atoms with E-state index in [1.54, 1.807) is 6.33 Å². The summed E-state index contributed by atoms with van der Waals surface area (Å²) in [6, 6.07) is 12.9. The van der Waals surface area contributed by atoms with E-state index in [1.807, 2.05) is 0 Å². The van der Waals surface area contributed by atoms with Gasteiger partial charge in [-0.2, -0.15) is 0 Å². The summed E-state index contributed by atoms with van der Waals surface area (Å²) in [5, 5.41) is 3.40. The number of hydrogen-bond acceptors (Lipinski definition) is 5. The van der Waals surface area contributed by atoms with Crippen LogP contribution >= 0.6 is 0 Å². The predicted octanol–water partition coefficient (Wildman–Crippen LogP) is 3.53. The zero-order chi connectivity index (χ0) is 17.6. The number of ether oxygens (including phenoxy) is 1. The van der Waals surface area contributed by atoms with E-state index in [2.05, 4.69) is 56.6 Å². The largest absolute Gasteiger partial charge is 0.376 e. The number of rotatable bonds is 6. The Morgan fingerprint density at radius 3 is 2.69 bits per heavy atom. The van der Waals surface area contributed by atoms with Crippen molar-refractivity contribution in [2.75, 3.05) is 36.5 Å². The van der Waals surface area contributed by atoms with Crippen molar-refractivity contribution < 1.29 is 4.74 Å². The zero-order valence-electron chi connectivity index (χ0n) is 15.3. The van der Waals surface area contributed by atoms with Crippen molar-refractivity contribution in [3.8, 4) is 0 Å². The molecule has 3 heterocycles. The van der Waals surface area contributed by atoms with Crippen molar-refractivity contribution in [1.82, 2.24) is 9.97 Å². The third-order valence-electron chi connectivity index (χ3n) is 5.49. The van der Waals surface area contributed by atoms with E-state index in [0.717, 1.165) is 50.2 Å². The summed E-state index contributed by atoms with van der Waals surface area (Å²) in [6.45, 7) is 3.86. The first-order valence-electron chi connectivity index (χ1n) is 9.83. The first kappa shape index (κ1) is 17.3. The number of aromatic nitrogens is 2. The van der Waals surface area contributed by atoms with Crippen LogP contribution in [0, 0.1) is 5.92 Å². The average molecular weight is 352 g/mol. The number of nitrogens with zero attached hydrogens (tertiary/aromatic N) is 3. The van der Waals surface area contributed by atoms with Crippen molar-refractivity contribution in [1.29, 1.82) is 0 Å².